The Balaban J connectivity index is 3.37. The highest BCUT2D eigenvalue weighted by atomic mass is 32.2. The molecule has 14 heavy (non-hydrogen) atoms. The molecule has 2 N–H and O–H groups in total. The van der Waals surface area contributed by atoms with Crippen LogP contribution in [0.4, 0.5) is 0 Å². The highest BCUT2D eigenvalue weighted by molar-refractivity contribution is 7.86. The number of hydrogen-bond donors (Lipinski definition) is 2. The normalized spacial score (nSPS) is 14.2. The van der Waals surface area contributed by atoms with Gasteiger partial charge >= 0.3 is 0 Å². The van der Waals surface area contributed by atoms with Crippen molar-refractivity contribution in [2.45, 2.75) is 44.8 Å². The molecule has 0 spiro atoms. The average Bonchev–Trinajstić information content (AvgIpc) is 2.09. The van der Waals surface area contributed by atoms with E-state index in [9.17, 15) is 8.42 Å². The molecule has 0 aliphatic rings. The van der Waals surface area contributed by atoms with Crippen molar-refractivity contribution in [1.82, 2.24) is 5.32 Å². The number of rotatable bonds is 8. The number of nitrogens with one attached hydrogen (secondary N) is 1. The van der Waals surface area contributed by atoms with Crippen molar-refractivity contribution in [2.24, 2.45) is 0 Å². The maximum Gasteiger partial charge on any atom is 0.267 e. The monoisotopic (exact) mass is 223 g/mol. The molecule has 4 nitrogen and oxygen atoms in total. The molecule has 0 radical (unpaired) electrons. The van der Waals surface area contributed by atoms with E-state index in [-0.39, 0.29) is 0 Å². The maximum absolute atomic E-state index is 10.6. The predicted molar refractivity (Wildman–Crippen MR) is 58.0 cm³/mol. The predicted octanol–water partition coefficient (Wildman–Crippen LogP) is 1.43. The van der Waals surface area contributed by atoms with Crippen LogP contribution in [0.5, 0.6) is 0 Å². The minimum Gasteiger partial charge on any atom is -0.317 e. The van der Waals surface area contributed by atoms with E-state index < -0.39 is 15.4 Å². The summed E-state index contributed by atoms with van der Waals surface area (Å²) < 4.78 is 29.9. The summed E-state index contributed by atoms with van der Waals surface area (Å²) >= 11 is 0. The van der Waals surface area contributed by atoms with Gasteiger partial charge in [0.1, 0.15) is 0 Å². The van der Waals surface area contributed by atoms with Gasteiger partial charge in [0.05, 0.1) is 5.25 Å². The van der Waals surface area contributed by atoms with Crippen LogP contribution in [0.15, 0.2) is 0 Å². The van der Waals surface area contributed by atoms with Gasteiger partial charge in [-0.05, 0) is 32.9 Å². The summed E-state index contributed by atoms with van der Waals surface area (Å²) in [6, 6.07) is 0. The Hall–Kier alpha value is -0.130. The Morgan fingerprint density at radius 2 is 1.93 bits per heavy atom. The summed E-state index contributed by atoms with van der Waals surface area (Å²) in [5, 5.41) is 2.48. The average molecular weight is 223 g/mol. The molecule has 1 unspecified atom stereocenters. The molecule has 0 saturated carbocycles. The fourth-order valence-corrected chi connectivity index (χ4v) is 1.49. The molecule has 0 fully saturated rings. The van der Waals surface area contributed by atoms with Crippen LogP contribution in [0, 0.1) is 0 Å². The van der Waals surface area contributed by atoms with E-state index in [0.717, 1.165) is 13.0 Å². The van der Waals surface area contributed by atoms with Crippen LogP contribution in [-0.2, 0) is 10.1 Å². The first kappa shape index (κ1) is 13.9. The van der Waals surface area contributed by atoms with E-state index >= 15 is 0 Å². The summed E-state index contributed by atoms with van der Waals surface area (Å²) in [6.07, 6.45) is 3.96. The molecule has 86 valence electrons. The molecular formula is C9H21NO3S. The van der Waals surface area contributed by atoms with E-state index in [1.807, 2.05) is 0 Å². The lowest BCUT2D eigenvalue weighted by atomic mass is 10.2. The second-order valence-corrected chi connectivity index (χ2v) is 5.41. The van der Waals surface area contributed by atoms with Crippen molar-refractivity contribution in [1.29, 1.82) is 0 Å². The minimum atomic E-state index is -3.84. The fraction of sp³-hybridized carbons (Fsp3) is 1.00. The Morgan fingerprint density at radius 1 is 1.29 bits per heavy atom. The van der Waals surface area contributed by atoms with E-state index in [1.54, 1.807) is 0 Å². The highest BCUT2D eigenvalue weighted by Crippen LogP contribution is 2.01. The molecular weight excluding hydrogens is 202 g/mol. The van der Waals surface area contributed by atoms with Gasteiger partial charge in [-0.15, -0.1) is 0 Å². The van der Waals surface area contributed by atoms with Gasteiger partial charge in [-0.2, -0.15) is 8.42 Å². The van der Waals surface area contributed by atoms with E-state index in [4.69, 9.17) is 4.55 Å². The minimum absolute atomic E-state index is 0.463. The van der Waals surface area contributed by atoms with Crippen LogP contribution < -0.4 is 5.32 Å². The van der Waals surface area contributed by atoms with E-state index in [2.05, 4.69) is 12.2 Å². The maximum atomic E-state index is 10.6. The van der Waals surface area contributed by atoms with Crippen molar-refractivity contribution in [3.05, 3.63) is 0 Å². The van der Waals surface area contributed by atoms with Gasteiger partial charge in [0.2, 0.25) is 0 Å². The molecule has 5 heteroatoms. The molecule has 0 aliphatic heterocycles. The lowest BCUT2D eigenvalue weighted by molar-refractivity contribution is 0.463. The van der Waals surface area contributed by atoms with Crippen molar-refractivity contribution < 1.29 is 13.0 Å². The van der Waals surface area contributed by atoms with Crippen molar-refractivity contribution >= 4 is 10.1 Å². The summed E-state index contributed by atoms with van der Waals surface area (Å²) in [5.41, 5.74) is 0. The van der Waals surface area contributed by atoms with Gasteiger partial charge in [0.25, 0.3) is 10.1 Å². The second kappa shape index (κ2) is 7.20. The van der Waals surface area contributed by atoms with Crippen molar-refractivity contribution in [3.63, 3.8) is 0 Å². The zero-order valence-corrected chi connectivity index (χ0v) is 9.81. The molecule has 0 aromatic heterocycles. The van der Waals surface area contributed by atoms with Crippen LogP contribution in [0.25, 0.3) is 0 Å². The van der Waals surface area contributed by atoms with Gasteiger partial charge in [-0.25, -0.2) is 0 Å². The van der Waals surface area contributed by atoms with Crippen LogP contribution in [0.3, 0.4) is 0 Å². The molecule has 0 amide bonds. The third kappa shape index (κ3) is 7.29. The SMILES string of the molecule is CCCCCNCCC(C)S(=O)(=O)O. The Bertz CT molecular complexity index is 226. The quantitative estimate of drug-likeness (QED) is 0.482. The molecule has 0 aromatic carbocycles. The molecule has 0 heterocycles. The zero-order valence-electron chi connectivity index (χ0n) is 8.99. The molecule has 0 rings (SSSR count). The van der Waals surface area contributed by atoms with Crippen LogP contribution in [-0.4, -0.2) is 31.3 Å². The Labute approximate surface area is 86.8 Å². The first-order chi connectivity index (χ1) is 6.48. The Morgan fingerprint density at radius 3 is 2.43 bits per heavy atom. The largest absolute Gasteiger partial charge is 0.317 e. The van der Waals surface area contributed by atoms with E-state index in [1.165, 1.54) is 19.8 Å². The lowest BCUT2D eigenvalue weighted by Gasteiger charge is -2.08. The first-order valence-corrected chi connectivity index (χ1v) is 6.65. The highest BCUT2D eigenvalue weighted by Gasteiger charge is 2.15. The van der Waals surface area contributed by atoms with Crippen LogP contribution in [0.2, 0.25) is 0 Å². The van der Waals surface area contributed by atoms with Gasteiger partial charge in [0, 0.05) is 0 Å². The third-order valence-electron chi connectivity index (χ3n) is 2.19. The molecule has 0 aliphatic carbocycles. The number of unbranched alkanes of at least 4 members (excludes halogenated alkanes) is 2. The summed E-state index contributed by atoms with van der Waals surface area (Å²) in [5.74, 6) is 0. The standard InChI is InChI=1S/C9H21NO3S/c1-3-4-5-7-10-8-6-9(2)14(11,12)13/h9-10H,3-8H2,1-2H3,(H,11,12,13). The van der Waals surface area contributed by atoms with Gasteiger partial charge < -0.3 is 5.32 Å². The third-order valence-corrected chi connectivity index (χ3v) is 3.45. The summed E-state index contributed by atoms with van der Waals surface area (Å²) in [7, 11) is -3.84. The smallest absolute Gasteiger partial charge is 0.267 e. The first-order valence-electron chi connectivity index (χ1n) is 5.15. The van der Waals surface area contributed by atoms with Gasteiger partial charge in [0.15, 0.2) is 0 Å². The fourth-order valence-electron chi connectivity index (χ4n) is 1.08. The van der Waals surface area contributed by atoms with Crippen molar-refractivity contribution in [2.75, 3.05) is 13.1 Å². The van der Waals surface area contributed by atoms with E-state index in [0.29, 0.717) is 13.0 Å². The molecule has 0 saturated heterocycles. The molecule has 1 atom stereocenters. The van der Waals surface area contributed by atoms with Crippen LogP contribution in [0.1, 0.15) is 39.5 Å². The Kier molecular flexibility index (Phi) is 7.13. The lowest BCUT2D eigenvalue weighted by Crippen LogP contribution is -2.24. The summed E-state index contributed by atoms with van der Waals surface area (Å²) in [6.45, 7) is 5.22. The molecule has 0 bridgehead atoms. The van der Waals surface area contributed by atoms with Gasteiger partial charge in [-0.1, -0.05) is 19.8 Å². The van der Waals surface area contributed by atoms with Crippen molar-refractivity contribution in [3.8, 4) is 0 Å². The summed E-state index contributed by atoms with van der Waals surface area (Å²) in [4.78, 5) is 0. The zero-order chi connectivity index (χ0) is 11.0. The topological polar surface area (TPSA) is 66.4 Å². The van der Waals surface area contributed by atoms with Gasteiger partial charge in [-0.3, -0.25) is 4.55 Å². The molecule has 0 aromatic rings. The van der Waals surface area contributed by atoms with Crippen LogP contribution >= 0.6 is 0 Å². The number of hydrogen-bond acceptors (Lipinski definition) is 3. The second-order valence-electron chi connectivity index (χ2n) is 3.57.